The van der Waals surface area contributed by atoms with E-state index >= 15 is 0 Å². The van der Waals surface area contributed by atoms with Gasteiger partial charge in [0.05, 0.1) is 35.5 Å². The molecule has 0 amide bonds. The largest absolute Gasteiger partial charge is 0.469 e. The first kappa shape index (κ1) is 23.5. The summed E-state index contributed by atoms with van der Waals surface area (Å²) in [5.74, 6) is 1.78. The molecular formula is C27H24N6O2S. The molecule has 180 valence electrons. The number of fused-ring (bicyclic) bond motifs is 1. The second-order valence-electron chi connectivity index (χ2n) is 8.40. The van der Waals surface area contributed by atoms with Crippen LogP contribution in [0.25, 0.3) is 11.4 Å². The minimum Gasteiger partial charge on any atom is -0.469 e. The molecule has 0 bridgehead atoms. The normalized spacial score (nSPS) is 12.6. The Kier molecular flexibility index (Phi) is 6.36. The number of nitrogens with zero attached hydrogens (tertiary/aromatic N) is 6. The van der Waals surface area contributed by atoms with Crippen LogP contribution in [0.5, 0.6) is 0 Å². The molecule has 0 spiro atoms. The number of aromatic nitrogens is 3. The molecule has 0 saturated carbocycles. The van der Waals surface area contributed by atoms with Gasteiger partial charge in [-0.05, 0) is 30.7 Å². The second-order valence-corrected chi connectivity index (χ2v) is 9.34. The monoisotopic (exact) mass is 496 g/mol. The molecule has 0 fully saturated rings. The first-order valence-corrected chi connectivity index (χ1v) is 12.4. The minimum absolute atomic E-state index is 0.0573. The molecule has 4 aromatic rings. The molecule has 8 nitrogen and oxygen atoms in total. The van der Waals surface area contributed by atoms with Crippen LogP contribution in [0.1, 0.15) is 11.3 Å². The highest BCUT2D eigenvalue weighted by Gasteiger charge is 2.31. The lowest BCUT2D eigenvalue weighted by Gasteiger charge is -2.19. The molecule has 1 aliphatic rings. The maximum atomic E-state index is 13.3. The van der Waals surface area contributed by atoms with Gasteiger partial charge in [-0.2, -0.15) is 5.26 Å². The maximum Gasteiger partial charge on any atom is 0.192 e. The van der Waals surface area contributed by atoms with Crippen molar-refractivity contribution in [3.63, 3.8) is 0 Å². The number of rotatable bonds is 7. The van der Waals surface area contributed by atoms with Crippen LogP contribution in [0.2, 0.25) is 0 Å². The zero-order chi connectivity index (χ0) is 25.2. The number of thioether (sulfide) groups is 1. The molecule has 0 radical (unpaired) electrons. The SMILES string of the molecule is Cc1occc1-c1nnc(SCC(=O)C(C#N)=C2N(C)c3ccccc3N2C)n1Cc1ccccc1. The maximum absolute atomic E-state index is 13.3. The standard InChI is InChI=1S/C27H24N6O2S/c1-18-20(13-14-35-18)25-29-30-27(33(25)16-19-9-5-4-6-10-19)36-17-24(34)21(15-28)26-31(2)22-11-7-8-12-23(22)32(26)3/h4-14H,16-17H2,1-3H3. The highest BCUT2D eigenvalue weighted by atomic mass is 32.2. The first-order chi connectivity index (χ1) is 17.5. The van der Waals surface area contributed by atoms with Crippen LogP contribution in [0, 0.1) is 18.3 Å². The molecule has 0 saturated heterocycles. The summed E-state index contributed by atoms with van der Waals surface area (Å²) in [5, 5.41) is 19.3. The number of hydrogen-bond donors (Lipinski definition) is 0. The van der Waals surface area contributed by atoms with Crippen LogP contribution in [-0.2, 0) is 11.3 Å². The Hall–Kier alpha value is -4.29. The van der Waals surface area contributed by atoms with E-state index in [2.05, 4.69) is 16.3 Å². The predicted octanol–water partition coefficient (Wildman–Crippen LogP) is 4.88. The summed E-state index contributed by atoms with van der Waals surface area (Å²) in [4.78, 5) is 17.1. The number of aryl methyl sites for hydroxylation is 1. The van der Waals surface area contributed by atoms with Gasteiger partial charge in [0, 0.05) is 14.1 Å². The van der Waals surface area contributed by atoms with Crippen molar-refractivity contribution in [3.8, 4) is 17.5 Å². The lowest BCUT2D eigenvalue weighted by atomic mass is 10.2. The van der Waals surface area contributed by atoms with Gasteiger partial charge in [-0.1, -0.05) is 54.2 Å². The number of nitriles is 1. The van der Waals surface area contributed by atoms with Crippen molar-refractivity contribution in [1.29, 1.82) is 5.26 Å². The highest BCUT2D eigenvalue weighted by molar-refractivity contribution is 7.99. The summed E-state index contributed by atoms with van der Waals surface area (Å²) in [6.45, 7) is 2.42. The fraction of sp³-hybridized carbons (Fsp3) is 0.185. The summed E-state index contributed by atoms with van der Waals surface area (Å²) in [6, 6.07) is 21.8. The fourth-order valence-electron chi connectivity index (χ4n) is 4.38. The average Bonchev–Trinajstić information content (AvgIpc) is 3.56. The Morgan fingerprint density at radius 3 is 2.28 bits per heavy atom. The van der Waals surface area contributed by atoms with Crippen molar-refractivity contribution in [2.75, 3.05) is 29.6 Å². The predicted molar refractivity (Wildman–Crippen MR) is 140 cm³/mol. The number of furan rings is 1. The van der Waals surface area contributed by atoms with Crippen LogP contribution in [0.4, 0.5) is 11.4 Å². The van der Waals surface area contributed by atoms with E-state index in [1.807, 2.05) is 96.0 Å². The van der Waals surface area contributed by atoms with Crippen molar-refractivity contribution in [2.24, 2.45) is 0 Å². The average molecular weight is 497 g/mol. The van der Waals surface area contributed by atoms with E-state index in [-0.39, 0.29) is 17.1 Å². The molecular weight excluding hydrogens is 472 g/mol. The Morgan fingerprint density at radius 1 is 1.00 bits per heavy atom. The summed E-state index contributed by atoms with van der Waals surface area (Å²) in [6.07, 6.45) is 1.63. The van der Waals surface area contributed by atoms with E-state index < -0.39 is 0 Å². The molecule has 0 atom stereocenters. The van der Waals surface area contributed by atoms with Gasteiger partial charge in [0.15, 0.2) is 16.8 Å². The Balaban J connectivity index is 1.44. The molecule has 0 aliphatic carbocycles. The molecule has 5 rings (SSSR count). The lowest BCUT2D eigenvalue weighted by Crippen LogP contribution is -2.26. The van der Waals surface area contributed by atoms with Crippen LogP contribution < -0.4 is 9.80 Å². The highest BCUT2D eigenvalue weighted by Crippen LogP contribution is 2.40. The van der Waals surface area contributed by atoms with Crippen LogP contribution in [0.15, 0.2) is 87.9 Å². The van der Waals surface area contributed by atoms with Crippen molar-refractivity contribution in [2.45, 2.75) is 18.6 Å². The molecule has 0 unspecified atom stereocenters. The molecule has 2 aromatic heterocycles. The van der Waals surface area contributed by atoms with Crippen LogP contribution in [-0.4, -0.2) is 40.4 Å². The van der Waals surface area contributed by atoms with Gasteiger partial charge in [0.1, 0.15) is 23.2 Å². The van der Waals surface area contributed by atoms with Crippen LogP contribution in [0.3, 0.4) is 0 Å². The number of Topliss-reactive ketones (excluding diaryl/α,β-unsaturated/α-hetero) is 1. The molecule has 1 aliphatic heterocycles. The number of ketones is 1. The smallest absolute Gasteiger partial charge is 0.192 e. The van der Waals surface area contributed by atoms with Gasteiger partial charge in [-0.25, -0.2) is 0 Å². The number of hydrogen-bond acceptors (Lipinski definition) is 8. The number of anilines is 2. The topological polar surface area (TPSA) is 91.2 Å². The van der Waals surface area contributed by atoms with E-state index in [1.165, 1.54) is 11.8 Å². The van der Waals surface area contributed by atoms with Crippen molar-refractivity contribution < 1.29 is 9.21 Å². The van der Waals surface area contributed by atoms with Gasteiger partial charge in [0.2, 0.25) is 0 Å². The molecule has 3 heterocycles. The third-order valence-corrected chi connectivity index (χ3v) is 7.15. The third kappa shape index (κ3) is 4.16. The van der Waals surface area contributed by atoms with E-state index in [0.29, 0.717) is 23.3 Å². The van der Waals surface area contributed by atoms with Gasteiger partial charge in [-0.15, -0.1) is 10.2 Å². The first-order valence-electron chi connectivity index (χ1n) is 11.4. The number of benzene rings is 2. The van der Waals surface area contributed by atoms with E-state index in [1.54, 1.807) is 6.26 Å². The molecule has 0 N–H and O–H groups in total. The van der Waals surface area contributed by atoms with Crippen LogP contribution >= 0.6 is 11.8 Å². The molecule has 9 heteroatoms. The van der Waals surface area contributed by atoms with Gasteiger partial charge in [-0.3, -0.25) is 9.36 Å². The zero-order valence-corrected chi connectivity index (χ0v) is 21.0. The van der Waals surface area contributed by atoms with Gasteiger partial charge < -0.3 is 14.2 Å². The number of carbonyl (C=O) groups is 1. The van der Waals surface area contributed by atoms with E-state index in [4.69, 9.17) is 4.42 Å². The Bertz CT molecular complexity index is 1470. The lowest BCUT2D eigenvalue weighted by molar-refractivity contribution is -0.112. The van der Waals surface area contributed by atoms with Gasteiger partial charge >= 0.3 is 0 Å². The summed E-state index contributed by atoms with van der Waals surface area (Å²) < 4.78 is 7.47. The summed E-state index contributed by atoms with van der Waals surface area (Å²) in [5.41, 5.74) is 3.95. The summed E-state index contributed by atoms with van der Waals surface area (Å²) >= 11 is 1.27. The van der Waals surface area contributed by atoms with Gasteiger partial charge in [0.25, 0.3) is 0 Å². The Labute approximate surface area is 213 Å². The van der Waals surface area contributed by atoms with E-state index in [0.717, 1.165) is 28.3 Å². The summed E-state index contributed by atoms with van der Waals surface area (Å²) in [7, 11) is 3.73. The fourth-order valence-corrected chi connectivity index (χ4v) is 5.19. The van der Waals surface area contributed by atoms with Crippen molar-refractivity contribution in [3.05, 3.63) is 89.6 Å². The molecule has 2 aromatic carbocycles. The number of para-hydroxylation sites is 2. The number of allylic oxidation sites excluding steroid dienone is 1. The Morgan fingerprint density at radius 2 is 1.67 bits per heavy atom. The van der Waals surface area contributed by atoms with Crippen molar-refractivity contribution >= 4 is 28.9 Å². The number of carbonyl (C=O) groups excluding carboxylic acids is 1. The molecule has 36 heavy (non-hydrogen) atoms. The van der Waals surface area contributed by atoms with E-state index in [9.17, 15) is 10.1 Å². The minimum atomic E-state index is -0.265. The zero-order valence-electron chi connectivity index (χ0n) is 20.2. The third-order valence-electron chi connectivity index (χ3n) is 6.19. The second kappa shape index (κ2) is 9.76. The quantitative estimate of drug-likeness (QED) is 0.203. The van der Waals surface area contributed by atoms with Crippen molar-refractivity contribution in [1.82, 2.24) is 14.8 Å².